The van der Waals surface area contributed by atoms with Crippen LogP contribution in [-0.2, 0) is 4.79 Å². The number of aromatic hydroxyl groups is 1. The third-order valence-electron chi connectivity index (χ3n) is 2.02. The molecule has 1 aromatic heterocycles. The van der Waals surface area contributed by atoms with E-state index in [0.717, 1.165) is 6.08 Å². The van der Waals surface area contributed by atoms with E-state index in [-0.39, 0.29) is 5.75 Å². The van der Waals surface area contributed by atoms with Gasteiger partial charge in [0.2, 0.25) is 0 Å². The van der Waals surface area contributed by atoms with Crippen molar-refractivity contribution in [2.45, 2.75) is 0 Å². The van der Waals surface area contributed by atoms with Crippen LogP contribution in [0.3, 0.4) is 0 Å². The number of hydrogen-bond acceptors (Lipinski definition) is 6. The number of carboxylic acids is 1. The molecule has 7 nitrogen and oxygen atoms in total. The summed E-state index contributed by atoms with van der Waals surface area (Å²) in [5.41, 5.74) is 0.655. The van der Waals surface area contributed by atoms with Crippen LogP contribution in [0.25, 0.3) is 6.08 Å². The minimum absolute atomic E-state index is 0.0278. The van der Waals surface area contributed by atoms with E-state index in [1.165, 1.54) is 38.2 Å². The molecule has 1 heterocycles. The zero-order valence-corrected chi connectivity index (χ0v) is 10.7. The second kappa shape index (κ2) is 8.20. The summed E-state index contributed by atoms with van der Waals surface area (Å²) in [7, 11) is 1.43. The molecule has 0 fully saturated rings. The van der Waals surface area contributed by atoms with Crippen molar-refractivity contribution in [3.05, 3.63) is 48.8 Å². The van der Waals surface area contributed by atoms with Gasteiger partial charge >= 0.3 is 5.97 Å². The summed E-state index contributed by atoms with van der Waals surface area (Å²) in [6, 6.07) is 4.59. The molecular formula is C13H13N3O4. The number of methoxy groups -OCH3 is 1. The number of carboxylic acid groups (broad SMARTS) is 1. The fourth-order valence-corrected chi connectivity index (χ4v) is 1.17. The fraction of sp³-hybridized carbons (Fsp3) is 0.0769. The Kier molecular flexibility index (Phi) is 6.19. The molecule has 7 heteroatoms. The number of nitrogens with zero attached hydrogens (tertiary/aromatic N) is 3. The summed E-state index contributed by atoms with van der Waals surface area (Å²) in [6.07, 6.45) is 6.75. The van der Waals surface area contributed by atoms with E-state index < -0.39 is 5.97 Å². The highest BCUT2D eigenvalue weighted by Crippen LogP contribution is 2.26. The number of benzene rings is 1. The Hall–Kier alpha value is -2.96. The lowest BCUT2D eigenvalue weighted by atomic mass is 10.2. The Morgan fingerprint density at radius 1 is 1.20 bits per heavy atom. The highest BCUT2D eigenvalue weighted by atomic mass is 16.5. The maximum absolute atomic E-state index is 10.2. The zero-order chi connectivity index (χ0) is 14.8. The number of ether oxygens (including phenoxy) is 1. The molecule has 1 aromatic carbocycles. The van der Waals surface area contributed by atoms with Crippen molar-refractivity contribution in [1.82, 2.24) is 15.0 Å². The van der Waals surface area contributed by atoms with Crippen molar-refractivity contribution in [3.63, 3.8) is 0 Å². The van der Waals surface area contributed by atoms with Crippen molar-refractivity contribution < 1.29 is 19.7 Å². The molecule has 0 radical (unpaired) electrons. The molecule has 0 aliphatic heterocycles. The third-order valence-corrected chi connectivity index (χ3v) is 2.02. The Balaban J connectivity index is 0.000000276. The van der Waals surface area contributed by atoms with Gasteiger partial charge in [-0.1, -0.05) is 6.07 Å². The molecule has 0 unspecified atom stereocenters. The third kappa shape index (κ3) is 5.58. The quantitative estimate of drug-likeness (QED) is 0.815. The minimum Gasteiger partial charge on any atom is -0.504 e. The molecule has 0 saturated heterocycles. The Bertz CT molecular complexity index is 546. The van der Waals surface area contributed by atoms with Crippen LogP contribution in [0.1, 0.15) is 5.56 Å². The van der Waals surface area contributed by atoms with Crippen LogP contribution in [-0.4, -0.2) is 38.2 Å². The van der Waals surface area contributed by atoms with Crippen molar-refractivity contribution in [1.29, 1.82) is 0 Å². The maximum Gasteiger partial charge on any atom is 0.328 e. The average Bonchev–Trinajstić information content (AvgIpc) is 2.49. The van der Waals surface area contributed by atoms with Crippen LogP contribution < -0.4 is 4.74 Å². The summed E-state index contributed by atoms with van der Waals surface area (Å²) in [5.74, 6) is -0.672. The monoisotopic (exact) mass is 275 g/mol. The van der Waals surface area contributed by atoms with Crippen LogP contribution in [0.2, 0.25) is 0 Å². The van der Waals surface area contributed by atoms with Gasteiger partial charge in [0, 0.05) is 6.08 Å². The van der Waals surface area contributed by atoms with Crippen molar-refractivity contribution >= 4 is 12.0 Å². The number of phenolic OH excluding ortho intramolecular Hbond substituents is 1. The first kappa shape index (κ1) is 15.1. The highest BCUT2D eigenvalue weighted by molar-refractivity contribution is 5.85. The first-order valence-corrected chi connectivity index (χ1v) is 5.46. The molecule has 0 spiro atoms. The fourth-order valence-electron chi connectivity index (χ4n) is 1.17. The first-order valence-electron chi connectivity index (χ1n) is 5.46. The molecular weight excluding hydrogens is 262 g/mol. The van der Waals surface area contributed by atoms with Crippen LogP contribution in [0.4, 0.5) is 0 Å². The predicted molar refractivity (Wildman–Crippen MR) is 71.2 cm³/mol. The molecule has 0 amide bonds. The number of aromatic nitrogens is 3. The Morgan fingerprint density at radius 3 is 2.25 bits per heavy atom. The number of hydrogen-bond donors (Lipinski definition) is 2. The number of aliphatic carboxylic acids is 1. The van der Waals surface area contributed by atoms with Gasteiger partial charge in [0.15, 0.2) is 11.5 Å². The summed E-state index contributed by atoms with van der Waals surface area (Å²) >= 11 is 0. The smallest absolute Gasteiger partial charge is 0.328 e. The van der Waals surface area contributed by atoms with E-state index in [9.17, 15) is 9.90 Å². The van der Waals surface area contributed by atoms with Crippen molar-refractivity contribution in [3.8, 4) is 11.5 Å². The Labute approximate surface area is 115 Å². The Morgan fingerprint density at radius 2 is 1.80 bits per heavy atom. The van der Waals surface area contributed by atoms with Gasteiger partial charge in [0.05, 0.1) is 7.11 Å². The van der Waals surface area contributed by atoms with Crippen LogP contribution in [0.5, 0.6) is 11.5 Å². The van der Waals surface area contributed by atoms with Gasteiger partial charge in [-0.2, -0.15) is 0 Å². The van der Waals surface area contributed by atoms with E-state index >= 15 is 0 Å². The van der Waals surface area contributed by atoms with Crippen LogP contribution >= 0.6 is 0 Å². The average molecular weight is 275 g/mol. The molecule has 0 aliphatic rings. The van der Waals surface area contributed by atoms with E-state index in [0.29, 0.717) is 11.3 Å². The molecule has 0 bridgehead atoms. The minimum atomic E-state index is -1.02. The van der Waals surface area contributed by atoms with Crippen molar-refractivity contribution in [2.75, 3.05) is 7.11 Å². The van der Waals surface area contributed by atoms with Crippen molar-refractivity contribution in [2.24, 2.45) is 0 Å². The number of phenols is 1. The largest absolute Gasteiger partial charge is 0.504 e. The standard InChI is InChI=1S/C10H10O4.C3H3N3/c1-14-9-6-7(2-4-8(9)11)3-5-10(12)13;1-4-2-6-3-5-1/h2-6,11H,1H3,(H,12,13);1-3H/b5-3+;. The zero-order valence-electron chi connectivity index (χ0n) is 10.7. The SMILES string of the molecule is COc1cc(/C=C/C(=O)O)ccc1O.c1ncncn1. The predicted octanol–water partition coefficient (Wildman–Crippen LogP) is 1.37. The van der Waals surface area contributed by atoms with Gasteiger partial charge in [-0.05, 0) is 23.8 Å². The van der Waals surface area contributed by atoms with E-state index in [4.69, 9.17) is 9.84 Å². The van der Waals surface area contributed by atoms with Gasteiger partial charge in [0.25, 0.3) is 0 Å². The van der Waals surface area contributed by atoms with Gasteiger partial charge in [-0.15, -0.1) is 0 Å². The van der Waals surface area contributed by atoms with Crippen LogP contribution in [0, 0.1) is 0 Å². The molecule has 104 valence electrons. The highest BCUT2D eigenvalue weighted by Gasteiger charge is 2.00. The first-order chi connectivity index (χ1) is 9.63. The summed E-state index contributed by atoms with van der Waals surface area (Å²) in [6.45, 7) is 0. The van der Waals surface area contributed by atoms with E-state index in [1.54, 1.807) is 12.1 Å². The second-order valence-electron chi connectivity index (χ2n) is 3.40. The summed E-state index contributed by atoms with van der Waals surface area (Å²) in [5, 5.41) is 17.6. The summed E-state index contributed by atoms with van der Waals surface area (Å²) < 4.78 is 4.86. The lowest BCUT2D eigenvalue weighted by molar-refractivity contribution is -0.131. The lowest BCUT2D eigenvalue weighted by Gasteiger charge is -2.03. The molecule has 0 aliphatic carbocycles. The van der Waals surface area contributed by atoms with Gasteiger partial charge in [0.1, 0.15) is 19.0 Å². The van der Waals surface area contributed by atoms with Gasteiger partial charge < -0.3 is 14.9 Å². The molecule has 2 rings (SSSR count). The summed E-state index contributed by atoms with van der Waals surface area (Å²) in [4.78, 5) is 20.9. The molecule has 20 heavy (non-hydrogen) atoms. The number of carbonyl (C=O) groups is 1. The molecule has 0 atom stereocenters. The maximum atomic E-state index is 10.2. The number of rotatable bonds is 3. The molecule has 2 aromatic rings. The lowest BCUT2D eigenvalue weighted by Crippen LogP contribution is -1.87. The van der Waals surface area contributed by atoms with E-state index in [1.807, 2.05) is 0 Å². The van der Waals surface area contributed by atoms with Crippen LogP contribution in [0.15, 0.2) is 43.3 Å². The normalized spacial score (nSPS) is 9.65. The molecule has 2 N–H and O–H groups in total. The second-order valence-corrected chi connectivity index (χ2v) is 3.40. The van der Waals surface area contributed by atoms with Gasteiger partial charge in [-0.25, -0.2) is 19.7 Å². The van der Waals surface area contributed by atoms with Gasteiger partial charge in [-0.3, -0.25) is 0 Å². The van der Waals surface area contributed by atoms with E-state index in [2.05, 4.69) is 15.0 Å². The molecule has 0 saturated carbocycles. The topological polar surface area (TPSA) is 105 Å².